The maximum absolute atomic E-state index is 11.8. The number of amides is 2. The Morgan fingerprint density at radius 1 is 1.33 bits per heavy atom. The summed E-state index contributed by atoms with van der Waals surface area (Å²) < 4.78 is 0. The average molecular weight is 290 g/mol. The fourth-order valence-electron chi connectivity index (χ4n) is 2.46. The van der Waals surface area contributed by atoms with Crippen molar-refractivity contribution in [3.63, 3.8) is 0 Å². The quantitative estimate of drug-likeness (QED) is 0.720. The van der Waals surface area contributed by atoms with Gasteiger partial charge >= 0.3 is 12.0 Å². The van der Waals surface area contributed by atoms with Crippen LogP contribution in [0.5, 0.6) is 0 Å². The van der Waals surface area contributed by atoms with E-state index in [1.165, 1.54) is 0 Å². The predicted octanol–water partition coefficient (Wildman–Crippen LogP) is 2.17. The number of benzene rings is 1. The van der Waals surface area contributed by atoms with Crippen molar-refractivity contribution in [2.75, 3.05) is 0 Å². The normalized spacial score (nSPS) is 21.4. The molecular formula is C16H22N2O3. The molecule has 1 aliphatic rings. The van der Waals surface area contributed by atoms with Crippen LogP contribution in [0.25, 0.3) is 0 Å². The number of carboxylic acid groups (broad SMARTS) is 1. The SMILES string of the molecule is CCC1CC1NC(=O)NC(CCc1ccccc1)C(=O)O. The van der Waals surface area contributed by atoms with Crippen molar-refractivity contribution in [2.24, 2.45) is 5.92 Å². The zero-order chi connectivity index (χ0) is 15.2. The van der Waals surface area contributed by atoms with Crippen LogP contribution < -0.4 is 10.6 Å². The molecule has 0 spiro atoms. The lowest BCUT2D eigenvalue weighted by atomic mass is 10.1. The molecule has 0 saturated heterocycles. The van der Waals surface area contributed by atoms with Crippen LogP contribution in [0.2, 0.25) is 0 Å². The Bertz CT molecular complexity index is 490. The molecule has 0 heterocycles. The Labute approximate surface area is 124 Å². The van der Waals surface area contributed by atoms with Gasteiger partial charge in [0, 0.05) is 6.04 Å². The molecule has 21 heavy (non-hydrogen) atoms. The van der Waals surface area contributed by atoms with Crippen molar-refractivity contribution in [2.45, 2.75) is 44.7 Å². The van der Waals surface area contributed by atoms with Gasteiger partial charge in [0.05, 0.1) is 0 Å². The molecule has 1 aromatic rings. The third-order valence-electron chi connectivity index (χ3n) is 3.93. The van der Waals surface area contributed by atoms with Crippen molar-refractivity contribution in [1.82, 2.24) is 10.6 Å². The Morgan fingerprint density at radius 3 is 2.62 bits per heavy atom. The van der Waals surface area contributed by atoms with Gasteiger partial charge in [-0.2, -0.15) is 0 Å². The number of carboxylic acids is 1. The van der Waals surface area contributed by atoms with Crippen LogP contribution in [0.3, 0.4) is 0 Å². The van der Waals surface area contributed by atoms with Crippen molar-refractivity contribution in [3.8, 4) is 0 Å². The summed E-state index contributed by atoms with van der Waals surface area (Å²) >= 11 is 0. The van der Waals surface area contributed by atoms with Gasteiger partial charge in [-0.15, -0.1) is 0 Å². The number of hydrogen-bond donors (Lipinski definition) is 3. The molecule has 3 atom stereocenters. The summed E-state index contributed by atoms with van der Waals surface area (Å²) in [5, 5.41) is 14.6. The second-order valence-electron chi connectivity index (χ2n) is 5.54. The van der Waals surface area contributed by atoms with E-state index in [4.69, 9.17) is 0 Å². The van der Waals surface area contributed by atoms with E-state index in [0.717, 1.165) is 18.4 Å². The lowest BCUT2D eigenvalue weighted by Gasteiger charge is -2.15. The number of aliphatic carboxylic acids is 1. The number of nitrogens with one attached hydrogen (secondary N) is 2. The van der Waals surface area contributed by atoms with Gasteiger partial charge < -0.3 is 15.7 Å². The Morgan fingerprint density at radius 2 is 2.05 bits per heavy atom. The zero-order valence-corrected chi connectivity index (χ0v) is 12.2. The standard InChI is InChI=1S/C16H22N2O3/c1-2-12-10-14(12)18-16(21)17-13(15(19)20)9-8-11-6-4-3-5-7-11/h3-7,12-14H,2,8-10H2,1H3,(H,19,20)(H2,17,18,21). The highest BCUT2D eigenvalue weighted by Gasteiger charge is 2.36. The summed E-state index contributed by atoms with van der Waals surface area (Å²) in [5.41, 5.74) is 1.07. The minimum absolute atomic E-state index is 0.207. The first-order valence-electron chi connectivity index (χ1n) is 7.44. The van der Waals surface area contributed by atoms with Crippen molar-refractivity contribution < 1.29 is 14.7 Å². The van der Waals surface area contributed by atoms with Crippen LogP contribution in [-0.2, 0) is 11.2 Å². The Hall–Kier alpha value is -2.04. The smallest absolute Gasteiger partial charge is 0.326 e. The van der Waals surface area contributed by atoms with Crippen LogP contribution in [0, 0.1) is 5.92 Å². The molecule has 2 rings (SSSR count). The molecule has 1 saturated carbocycles. The van der Waals surface area contributed by atoms with Crippen molar-refractivity contribution in [1.29, 1.82) is 0 Å². The number of carbonyl (C=O) groups excluding carboxylic acids is 1. The summed E-state index contributed by atoms with van der Waals surface area (Å²) in [6, 6.07) is 8.64. The van der Waals surface area contributed by atoms with E-state index in [1.54, 1.807) is 0 Å². The lowest BCUT2D eigenvalue weighted by molar-refractivity contribution is -0.139. The molecule has 5 heteroatoms. The van der Waals surface area contributed by atoms with Crippen molar-refractivity contribution in [3.05, 3.63) is 35.9 Å². The zero-order valence-electron chi connectivity index (χ0n) is 12.2. The maximum atomic E-state index is 11.8. The molecule has 0 aliphatic heterocycles. The molecule has 114 valence electrons. The van der Waals surface area contributed by atoms with E-state index < -0.39 is 12.0 Å². The number of carbonyl (C=O) groups is 2. The Kier molecular flexibility index (Phi) is 5.20. The molecule has 1 aliphatic carbocycles. The highest BCUT2D eigenvalue weighted by molar-refractivity contribution is 5.82. The van der Waals surface area contributed by atoms with Crippen LogP contribution in [0.15, 0.2) is 30.3 Å². The number of urea groups is 1. The summed E-state index contributed by atoms with van der Waals surface area (Å²) in [6.45, 7) is 2.09. The summed E-state index contributed by atoms with van der Waals surface area (Å²) in [4.78, 5) is 23.0. The molecule has 3 unspecified atom stereocenters. The highest BCUT2D eigenvalue weighted by Crippen LogP contribution is 2.32. The van der Waals surface area contributed by atoms with E-state index in [0.29, 0.717) is 18.8 Å². The van der Waals surface area contributed by atoms with Gasteiger partial charge in [0.1, 0.15) is 6.04 Å². The van der Waals surface area contributed by atoms with E-state index in [9.17, 15) is 14.7 Å². The molecule has 0 aromatic heterocycles. The molecular weight excluding hydrogens is 268 g/mol. The van der Waals surface area contributed by atoms with Crippen LogP contribution in [0.1, 0.15) is 31.7 Å². The first-order valence-corrected chi connectivity index (χ1v) is 7.44. The first kappa shape index (κ1) is 15.4. The predicted molar refractivity (Wildman–Crippen MR) is 80.0 cm³/mol. The molecule has 0 radical (unpaired) electrons. The van der Waals surface area contributed by atoms with E-state index >= 15 is 0 Å². The van der Waals surface area contributed by atoms with Gasteiger partial charge in [0.25, 0.3) is 0 Å². The third-order valence-corrected chi connectivity index (χ3v) is 3.93. The molecule has 5 nitrogen and oxygen atoms in total. The van der Waals surface area contributed by atoms with Gasteiger partial charge in [0.2, 0.25) is 0 Å². The third kappa shape index (κ3) is 4.77. The van der Waals surface area contributed by atoms with Gasteiger partial charge in [0.15, 0.2) is 0 Å². The second-order valence-corrected chi connectivity index (χ2v) is 5.54. The topological polar surface area (TPSA) is 78.4 Å². The van der Waals surface area contributed by atoms with Gasteiger partial charge in [-0.1, -0.05) is 43.7 Å². The van der Waals surface area contributed by atoms with E-state index in [2.05, 4.69) is 17.6 Å². The maximum Gasteiger partial charge on any atom is 0.326 e. The van der Waals surface area contributed by atoms with Gasteiger partial charge in [-0.25, -0.2) is 9.59 Å². The minimum atomic E-state index is -0.996. The monoisotopic (exact) mass is 290 g/mol. The second kappa shape index (κ2) is 7.11. The largest absolute Gasteiger partial charge is 0.480 e. The Balaban J connectivity index is 1.79. The summed E-state index contributed by atoms with van der Waals surface area (Å²) in [7, 11) is 0. The molecule has 3 N–H and O–H groups in total. The van der Waals surface area contributed by atoms with Crippen LogP contribution in [0.4, 0.5) is 4.79 Å². The molecule has 1 aromatic carbocycles. The minimum Gasteiger partial charge on any atom is -0.480 e. The average Bonchev–Trinajstić information content (AvgIpc) is 3.22. The summed E-state index contributed by atoms with van der Waals surface area (Å²) in [5.74, 6) is -0.452. The van der Waals surface area contributed by atoms with E-state index in [-0.39, 0.29) is 12.1 Å². The van der Waals surface area contributed by atoms with E-state index in [1.807, 2.05) is 30.3 Å². The van der Waals surface area contributed by atoms with Crippen LogP contribution in [-0.4, -0.2) is 29.2 Å². The number of aryl methyl sites for hydroxylation is 1. The fourth-order valence-corrected chi connectivity index (χ4v) is 2.46. The fraction of sp³-hybridized carbons (Fsp3) is 0.500. The van der Waals surface area contributed by atoms with Gasteiger partial charge in [-0.3, -0.25) is 0 Å². The number of rotatable bonds is 7. The van der Waals surface area contributed by atoms with Gasteiger partial charge in [-0.05, 0) is 30.7 Å². The van der Waals surface area contributed by atoms with Crippen molar-refractivity contribution >= 4 is 12.0 Å². The molecule has 0 bridgehead atoms. The molecule has 2 amide bonds. The lowest BCUT2D eigenvalue weighted by Crippen LogP contribution is -2.47. The number of hydrogen-bond acceptors (Lipinski definition) is 2. The highest BCUT2D eigenvalue weighted by atomic mass is 16.4. The first-order chi connectivity index (χ1) is 10.1. The molecule has 1 fully saturated rings. The summed E-state index contributed by atoms with van der Waals surface area (Å²) in [6.07, 6.45) is 3.04. The van der Waals surface area contributed by atoms with Crippen LogP contribution >= 0.6 is 0 Å².